The van der Waals surface area contributed by atoms with E-state index in [1.165, 1.54) is 0 Å². The summed E-state index contributed by atoms with van der Waals surface area (Å²) in [5, 5.41) is 5.36. The SMILES string of the molecule is N[C@@H](CCC(=O)Nc1ccc(Oc2ccccc2)cc1)C(=O)NCCCl. The normalized spacial score (nSPS) is 11.5. The van der Waals surface area contributed by atoms with E-state index in [0.29, 0.717) is 23.9 Å². The van der Waals surface area contributed by atoms with Crippen LogP contribution >= 0.6 is 11.6 Å². The zero-order valence-electron chi connectivity index (χ0n) is 14.3. The highest BCUT2D eigenvalue weighted by atomic mass is 35.5. The summed E-state index contributed by atoms with van der Waals surface area (Å²) in [6.45, 7) is 0.359. The first-order chi connectivity index (χ1) is 12.6. The fourth-order valence-electron chi connectivity index (χ4n) is 2.17. The van der Waals surface area contributed by atoms with Crippen molar-refractivity contribution in [3.05, 3.63) is 54.6 Å². The Kier molecular flexibility index (Phi) is 7.92. The van der Waals surface area contributed by atoms with Crippen LogP contribution in [0.3, 0.4) is 0 Å². The number of anilines is 1. The van der Waals surface area contributed by atoms with Crippen LogP contribution in [0.15, 0.2) is 54.6 Å². The molecule has 0 fully saturated rings. The van der Waals surface area contributed by atoms with Crippen LogP contribution in [-0.2, 0) is 9.59 Å². The van der Waals surface area contributed by atoms with Crippen LogP contribution in [0, 0.1) is 0 Å². The van der Waals surface area contributed by atoms with Crippen LogP contribution in [0.25, 0.3) is 0 Å². The van der Waals surface area contributed by atoms with Crippen molar-refractivity contribution in [2.75, 3.05) is 17.7 Å². The number of ether oxygens (including phenoxy) is 1. The number of carbonyl (C=O) groups excluding carboxylic acids is 2. The Morgan fingerprint density at radius 1 is 1.04 bits per heavy atom. The molecule has 4 N–H and O–H groups in total. The molecule has 0 saturated carbocycles. The van der Waals surface area contributed by atoms with E-state index < -0.39 is 6.04 Å². The van der Waals surface area contributed by atoms with Gasteiger partial charge in [-0.05, 0) is 42.8 Å². The fraction of sp³-hybridized carbons (Fsp3) is 0.263. The third kappa shape index (κ3) is 6.74. The largest absolute Gasteiger partial charge is 0.457 e. The molecule has 0 spiro atoms. The minimum atomic E-state index is -0.731. The lowest BCUT2D eigenvalue weighted by Gasteiger charge is -2.12. The molecule has 0 unspecified atom stereocenters. The first-order valence-corrected chi connectivity index (χ1v) is 8.84. The predicted molar refractivity (Wildman–Crippen MR) is 103 cm³/mol. The number of hydrogen-bond donors (Lipinski definition) is 3. The molecular formula is C19H22ClN3O3. The van der Waals surface area contributed by atoms with E-state index in [1.807, 2.05) is 30.3 Å². The number of alkyl halides is 1. The number of para-hydroxylation sites is 1. The van der Waals surface area contributed by atoms with Gasteiger partial charge in [-0.1, -0.05) is 18.2 Å². The molecule has 7 heteroatoms. The van der Waals surface area contributed by atoms with Crippen LogP contribution in [0.1, 0.15) is 12.8 Å². The highest BCUT2D eigenvalue weighted by Gasteiger charge is 2.14. The molecule has 2 aromatic carbocycles. The van der Waals surface area contributed by atoms with E-state index >= 15 is 0 Å². The van der Waals surface area contributed by atoms with Crippen molar-refractivity contribution in [3.63, 3.8) is 0 Å². The summed E-state index contributed by atoms with van der Waals surface area (Å²) in [5.74, 6) is 1.23. The van der Waals surface area contributed by atoms with E-state index in [2.05, 4.69) is 10.6 Å². The number of halogens is 1. The molecule has 138 valence electrons. The summed E-state index contributed by atoms with van der Waals surface area (Å²) in [5.41, 5.74) is 6.39. The Labute approximate surface area is 157 Å². The number of rotatable bonds is 9. The molecule has 0 aliphatic heterocycles. The topological polar surface area (TPSA) is 93.5 Å². The molecule has 26 heavy (non-hydrogen) atoms. The van der Waals surface area contributed by atoms with Crippen LogP contribution in [0.2, 0.25) is 0 Å². The molecule has 1 atom stereocenters. The van der Waals surface area contributed by atoms with Gasteiger partial charge < -0.3 is 21.1 Å². The lowest BCUT2D eigenvalue weighted by Crippen LogP contribution is -2.41. The molecule has 0 heterocycles. The molecule has 2 amide bonds. The van der Waals surface area contributed by atoms with Crippen molar-refractivity contribution >= 4 is 29.1 Å². The molecule has 2 rings (SSSR count). The van der Waals surface area contributed by atoms with Gasteiger partial charge in [0.15, 0.2) is 0 Å². The van der Waals surface area contributed by atoms with Gasteiger partial charge >= 0.3 is 0 Å². The van der Waals surface area contributed by atoms with Crippen LogP contribution in [0.5, 0.6) is 11.5 Å². The van der Waals surface area contributed by atoms with E-state index in [9.17, 15) is 9.59 Å². The van der Waals surface area contributed by atoms with Crippen molar-refractivity contribution < 1.29 is 14.3 Å². The molecule has 6 nitrogen and oxygen atoms in total. The maximum atomic E-state index is 12.0. The van der Waals surface area contributed by atoms with Crippen molar-refractivity contribution in [3.8, 4) is 11.5 Å². The monoisotopic (exact) mass is 375 g/mol. The Morgan fingerprint density at radius 3 is 2.35 bits per heavy atom. The smallest absolute Gasteiger partial charge is 0.236 e. The van der Waals surface area contributed by atoms with Crippen molar-refractivity contribution in [1.82, 2.24) is 5.32 Å². The summed E-state index contributed by atoms with van der Waals surface area (Å²) >= 11 is 5.50. The summed E-state index contributed by atoms with van der Waals surface area (Å²) in [7, 11) is 0. The van der Waals surface area contributed by atoms with Crippen molar-refractivity contribution in [1.29, 1.82) is 0 Å². The number of nitrogens with two attached hydrogens (primary N) is 1. The number of benzene rings is 2. The zero-order chi connectivity index (χ0) is 18.8. The lowest BCUT2D eigenvalue weighted by atomic mass is 10.1. The maximum Gasteiger partial charge on any atom is 0.236 e. The number of carbonyl (C=O) groups is 2. The number of nitrogens with one attached hydrogen (secondary N) is 2. The second-order valence-electron chi connectivity index (χ2n) is 5.61. The Morgan fingerprint density at radius 2 is 1.69 bits per heavy atom. The summed E-state index contributed by atoms with van der Waals surface area (Å²) in [6, 6.07) is 15.7. The van der Waals surface area contributed by atoms with Gasteiger partial charge in [-0.15, -0.1) is 11.6 Å². The summed E-state index contributed by atoms with van der Waals surface area (Å²) in [4.78, 5) is 23.6. The van der Waals surface area contributed by atoms with E-state index in [4.69, 9.17) is 22.1 Å². The van der Waals surface area contributed by atoms with Crippen LogP contribution < -0.4 is 21.1 Å². The standard InChI is InChI=1S/C19H22ClN3O3/c20-12-13-22-19(25)17(21)10-11-18(24)23-14-6-8-16(9-7-14)26-15-4-2-1-3-5-15/h1-9,17H,10-13,21H2,(H,22,25)(H,23,24)/t17-/m0/s1. The third-order valence-electron chi connectivity index (χ3n) is 3.53. The minimum Gasteiger partial charge on any atom is -0.457 e. The highest BCUT2D eigenvalue weighted by molar-refractivity contribution is 6.18. The van der Waals surface area contributed by atoms with Gasteiger partial charge in [0.2, 0.25) is 11.8 Å². The summed E-state index contributed by atoms with van der Waals surface area (Å²) in [6.07, 6.45) is 0.410. The van der Waals surface area contributed by atoms with Gasteiger partial charge in [-0.25, -0.2) is 0 Å². The molecule has 0 aliphatic carbocycles. The minimum absolute atomic E-state index is 0.151. The van der Waals surface area contributed by atoms with Crippen molar-refractivity contribution in [2.24, 2.45) is 5.73 Å². The zero-order valence-corrected chi connectivity index (χ0v) is 15.0. The van der Waals surface area contributed by atoms with Crippen molar-refractivity contribution in [2.45, 2.75) is 18.9 Å². The average Bonchev–Trinajstić information content (AvgIpc) is 2.66. The van der Waals surface area contributed by atoms with Crippen LogP contribution in [0.4, 0.5) is 5.69 Å². The lowest BCUT2D eigenvalue weighted by molar-refractivity contribution is -0.122. The van der Waals surface area contributed by atoms with Gasteiger partial charge in [-0.2, -0.15) is 0 Å². The van der Waals surface area contributed by atoms with Gasteiger partial charge in [0.1, 0.15) is 11.5 Å². The van der Waals surface area contributed by atoms with E-state index in [0.717, 1.165) is 5.75 Å². The second-order valence-corrected chi connectivity index (χ2v) is 5.99. The fourth-order valence-corrected chi connectivity index (χ4v) is 2.27. The van der Waals surface area contributed by atoms with E-state index in [1.54, 1.807) is 24.3 Å². The quantitative estimate of drug-likeness (QED) is 0.587. The predicted octanol–water partition coefficient (Wildman–Crippen LogP) is 2.88. The maximum absolute atomic E-state index is 12.0. The molecule has 2 aromatic rings. The highest BCUT2D eigenvalue weighted by Crippen LogP contribution is 2.22. The number of amides is 2. The number of hydrogen-bond acceptors (Lipinski definition) is 4. The molecular weight excluding hydrogens is 354 g/mol. The molecule has 0 aliphatic rings. The van der Waals surface area contributed by atoms with Crippen LogP contribution in [-0.4, -0.2) is 30.3 Å². The molecule has 0 radical (unpaired) electrons. The molecule has 0 saturated heterocycles. The first kappa shape index (κ1) is 19.8. The molecule has 0 aromatic heterocycles. The first-order valence-electron chi connectivity index (χ1n) is 8.30. The average molecular weight is 376 g/mol. The Bertz CT molecular complexity index is 708. The summed E-state index contributed by atoms with van der Waals surface area (Å²) < 4.78 is 5.69. The van der Waals surface area contributed by atoms with Gasteiger partial charge in [0.05, 0.1) is 6.04 Å². The Balaban J connectivity index is 1.77. The second kappa shape index (κ2) is 10.4. The van der Waals surface area contributed by atoms with Gasteiger partial charge in [0, 0.05) is 24.5 Å². The van der Waals surface area contributed by atoms with E-state index in [-0.39, 0.29) is 24.7 Å². The Hall–Kier alpha value is -2.57. The third-order valence-corrected chi connectivity index (χ3v) is 3.72. The molecule has 0 bridgehead atoms. The van der Waals surface area contributed by atoms with Gasteiger partial charge in [0.25, 0.3) is 0 Å². The van der Waals surface area contributed by atoms with Gasteiger partial charge in [-0.3, -0.25) is 9.59 Å².